The summed E-state index contributed by atoms with van der Waals surface area (Å²) in [6.07, 6.45) is 0.928. The Hall–Kier alpha value is -1.88. The zero-order valence-electron chi connectivity index (χ0n) is 13.5. The Morgan fingerprint density at radius 2 is 2.09 bits per heavy atom. The van der Waals surface area contributed by atoms with E-state index in [9.17, 15) is 14.7 Å². The summed E-state index contributed by atoms with van der Waals surface area (Å²) in [6.45, 7) is 3.72. The Morgan fingerprint density at radius 3 is 2.74 bits per heavy atom. The normalized spacial score (nSPS) is 35.7. The smallest absolute Gasteiger partial charge is 0.338 e. The number of benzene rings is 1. The van der Waals surface area contributed by atoms with Gasteiger partial charge in [0.05, 0.1) is 11.7 Å². The first-order valence-electron chi connectivity index (χ1n) is 8.04. The Labute approximate surface area is 135 Å². The lowest BCUT2D eigenvalue weighted by Gasteiger charge is -2.41. The highest BCUT2D eigenvalue weighted by atomic mass is 16.6. The SMILES string of the molecule is CCC1[C@H](O)CC2(C)CC1(COC(=O)c1ccccc1)C(=O)O2. The van der Waals surface area contributed by atoms with E-state index in [1.807, 2.05) is 19.9 Å². The average molecular weight is 318 g/mol. The van der Waals surface area contributed by atoms with Crippen molar-refractivity contribution in [3.05, 3.63) is 35.9 Å². The number of fused-ring (bicyclic) bond motifs is 2. The van der Waals surface area contributed by atoms with Gasteiger partial charge in [-0.15, -0.1) is 0 Å². The standard InChI is InChI=1S/C18H22O5/c1-3-13-14(19)9-17(2)10-18(13,16(21)23-17)11-22-15(20)12-7-5-4-6-8-12/h4-8,13-14,19H,3,9-11H2,1-2H3/t13?,14-,17?,18?/m1/s1. The third kappa shape index (κ3) is 2.63. The van der Waals surface area contributed by atoms with Gasteiger partial charge in [-0.1, -0.05) is 25.1 Å². The van der Waals surface area contributed by atoms with Crippen molar-refractivity contribution in [3.63, 3.8) is 0 Å². The van der Waals surface area contributed by atoms with Crippen molar-refractivity contribution in [2.24, 2.45) is 11.3 Å². The molecule has 1 saturated heterocycles. The van der Waals surface area contributed by atoms with Crippen molar-refractivity contribution in [2.75, 3.05) is 6.61 Å². The van der Waals surface area contributed by atoms with Gasteiger partial charge in [-0.05, 0) is 25.5 Å². The summed E-state index contributed by atoms with van der Waals surface area (Å²) in [5, 5.41) is 10.4. The second kappa shape index (κ2) is 5.64. The maximum absolute atomic E-state index is 12.5. The Kier molecular flexibility index (Phi) is 3.92. The number of aliphatic hydroxyl groups excluding tert-OH is 1. The maximum atomic E-state index is 12.5. The van der Waals surface area contributed by atoms with E-state index in [4.69, 9.17) is 9.47 Å². The summed E-state index contributed by atoms with van der Waals surface area (Å²) in [5.41, 5.74) is -1.16. The van der Waals surface area contributed by atoms with Gasteiger partial charge in [0, 0.05) is 18.8 Å². The number of rotatable bonds is 4. The molecule has 1 aliphatic heterocycles. The lowest BCUT2D eigenvalue weighted by molar-refractivity contribution is -0.154. The van der Waals surface area contributed by atoms with Crippen LogP contribution in [0.25, 0.3) is 0 Å². The Morgan fingerprint density at radius 1 is 1.39 bits per heavy atom. The fraction of sp³-hybridized carbons (Fsp3) is 0.556. The van der Waals surface area contributed by atoms with Crippen LogP contribution in [-0.2, 0) is 14.3 Å². The molecule has 1 aromatic carbocycles. The van der Waals surface area contributed by atoms with Gasteiger partial charge in [-0.2, -0.15) is 0 Å². The predicted octanol–water partition coefficient (Wildman–Crippen LogP) is 2.33. The van der Waals surface area contributed by atoms with Gasteiger partial charge >= 0.3 is 11.9 Å². The van der Waals surface area contributed by atoms with E-state index >= 15 is 0 Å². The summed E-state index contributed by atoms with van der Waals surface area (Å²) >= 11 is 0. The molecule has 1 saturated carbocycles. The number of ether oxygens (including phenoxy) is 2. The third-order valence-corrected chi connectivity index (χ3v) is 5.16. The molecule has 2 bridgehead atoms. The molecule has 5 nitrogen and oxygen atoms in total. The van der Waals surface area contributed by atoms with Crippen LogP contribution >= 0.6 is 0 Å². The van der Waals surface area contributed by atoms with Crippen molar-refractivity contribution in [3.8, 4) is 0 Å². The van der Waals surface area contributed by atoms with Crippen LogP contribution in [0.5, 0.6) is 0 Å². The highest BCUT2D eigenvalue weighted by Gasteiger charge is 2.64. The molecule has 2 fully saturated rings. The molecule has 2 aliphatic rings. The molecule has 124 valence electrons. The first-order valence-corrected chi connectivity index (χ1v) is 8.04. The highest BCUT2D eigenvalue weighted by molar-refractivity contribution is 5.90. The lowest BCUT2D eigenvalue weighted by Crippen LogP contribution is -2.50. The van der Waals surface area contributed by atoms with Gasteiger partial charge in [0.1, 0.15) is 17.6 Å². The number of hydrogen-bond donors (Lipinski definition) is 1. The largest absolute Gasteiger partial charge is 0.461 e. The van der Waals surface area contributed by atoms with Crippen LogP contribution in [-0.4, -0.2) is 35.4 Å². The molecular formula is C18H22O5. The van der Waals surface area contributed by atoms with E-state index in [1.54, 1.807) is 24.3 Å². The highest BCUT2D eigenvalue weighted by Crippen LogP contribution is 2.55. The van der Waals surface area contributed by atoms with Gasteiger partial charge in [0.15, 0.2) is 0 Å². The van der Waals surface area contributed by atoms with Crippen molar-refractivity contribution >= 4 is 11.9 Å². The van der Waals surface area contributed by atoms with E-state index in [0.29, 0.717) is 24.8 Å². The Bertz CT molecular complexity index is 613. The van der Waals surface area contributed by atoms with Crippen LogP contribution < -0.4 is 0 Å². The summed E-state index contributed by atoms with van der Waals surface area (Å²) < 4.78 is 11.0. The van der Waals surface area contributed by atoms with Gasteiger partial charge in [-0.3, -0.25) is 4.79 Å². The van der Waals surface area contributed by atoms with Gasteiger partial charge in [-0.25, -0.2) is 4.79 Å². The van der Waals surface area contributed by atoms with E-state index < -0.39 is 23.1 Å². The summed E-state index contributed by atoms with van der Waals surface area (Å²) in [5.74, 6) is -1.07. The van der Waals surface area contributed by atoms with E-state index in [0.717, 1.165) is 0 Å². The molecule has 0 radical (unpaired) electrons. The van der Waals surface area contributed by atoms with Crippen molar-refractivity contribution in [2.45, 2.75) is 44.8 Å². The van der Waals surface area contributed by atoms with Crippen LogP contribution in [0.3, 0.4) is 0 Å². The molecule has 0 amide bonds. The molecule has 5 heteroatoms. The molecule has 0 aromatic heterocycles. The van der Waals surface area contributed by atoms with Gasteiger partial charge in [0.2, 0.25) is 0 Å². The van der Waals surface area contributed by atoms with Crippen LogP contribution in [0.15, 0.2) is 30.3 Å². The number of carbonyl (C=O) groups excluding carboxylic acids is 2. The molecule has 23 heavy (non-hydrogen) atoms. The summed E-state index contributed by atoms with van der Waals surface area (Å²) in [7, 11) is 0. The van der Waals surface area contributed by atoms with Crippen LogP contribution in [0.1, 0.15) is 43.5 Å². The molecule has 1 aliphatic carbocycles. The number of esters is 2. The maximum Gasteiger partial charge on any atom is 0.338 e. The molecule has 0 spiro atoms. The van der Waals surface area contributed by atoms with E-state index in [1.165, 1.54) is 0 Å². The quantitative estimate of drug-likeness (QED) is 0.863. The fourth-order valence-corrected chi connectivity index (χ4v) is 4.18. The molecule has 1 heterocycles. The third-order valence-electron chi connectivity index (χ3n) is 5.16. The monoisotopic (exact) mass is 318 g/mol. The zero-order chi connectivity index (χ0) is 16.7. The number of hydrogen-bond acceptors (Lipinski definition) is 5. The second-order valence-corrected chi connectivity index (χ2v) is 6.90. The van der Waals surface area contributed by atoms with Crippen LogP contribution in [0, 0.1) is 11.3 Å². The minimum absolute atomic E-state index is 0.0509. The molecule has 3 unspecified atom stereocenters. The van der Waals surface area contributed by atoms with Crippen LogP contribution in [0.2, 0.25) is 0 Å². The second-order valence-electron chi connectivity index (χ2n) is 6.90. The van der Waals surface area contributed by atoms with Gasteiger partial charge < -0.3 is 14.6 Å². The minimum Gasteiger partial charge on any atom is -0.461 e. The molecule has 4 atom stereocenters. The zero-order valence-corrected chi connectivity index (χ0v) is 13.5. The van der Waals surface area contributed by atoms with E-state index in [-0.39, 0.29) is 18.5 Å². The topological polar surface area (TPSA) is 72.8 Å². The van der Waals surface area contributed by atoms with E-state index in [2.05, 4.69) is 0 Å². The van der Waals surface area contributed by atoms with Crippen LogP contribution in [0.4, 0.5) is 0 Å². The first kappa shape index (κ1) is 16.0. The number of aliphatic hydroxyl groups is 1. The average Bonchev–Trinajstić information content (AvgIpc) is 2.73. The fourth-order valence-electron chi connectivity index (χ4n) is 4.18. The molecule has 3 rings (SSSR count). The van der Waals surface area contributed by atoms with Gasteiger partial charge in [0.25, 0.3) is 0 Å². The number of carbonyl (C=O) groups is 2. The molecular weight excluding hydrogens is 296 g/mol. The lowest BCUT2D eigenvalue weighted by atomic mass is 9.62. The van der Waals surface area contributed by atoms with Crippen molar-refractivity contribution < 1.29 is 24.2 Å². The predicted molar refractivity (Wildman–Crippen MR) is 82.7 cm³/mol. The molecule has 1 N–H and O–H groups in total. The Balaban J connectivity index is 1.81. The minimum atomic E-state index is -0.939. The van der Waals surface area contributed by atoms with Crippen molar-refractivity contribution in [1.82, 2.24) is 0 Å². The van der Waals surface area contributed by atoms with Crippen molar-refractivity contribution in [1.29, 1.82) is 0 Å². The first-order chi connectivity index (χ1) is 10.9. The summed E-state index contributed by atoms with van der Waals surface area (Å²) in [4.78, 5) is 24.7. The molecule has 1 aromatic rings. The summed E-state index contributed by atoms with van der Waals surface area (Å²) in [6, 6.07) is 8.68.